The summed E-state index contributed by atoms with van der Waals surface area (Å²) in [6.45, 7) is 0.629. The van der Waals surface area contributed by atoms with Crippen LogP contribution in [0.15, 0.2) is 12.1 Å². The topological polar surface area (TPSA) is 34.9 Å². The van der Waals surface area contributed by atoms with E-state index in [1.807, 2.05) is 4.57 Å². The molecule has 1 unspecified atom stereocenters. The summed E-state index contributed by atoms with van der Waals surface area (Å²) in [4.78, 5) is 4.52. The number of aromatic nitrogens is 2. The second-order valence-corrected chi connectivity index (χ2v) is 6.90. The summed E-state index contributed by atoms with van der Waals surface area (Å²) in [5.41, 5.74) is 1.69. The van der Waals surface area contributed by atoms with Crippen molar-refractivity contribution in [1.29, 1.82) is 0 Å². The molecule has 0 fully saturated rings. The Bertz CT molecular complexity index is 627. The third kappa shape index (κ3) is 3.43. The number of alkyl halides is 1. The van der Waals surface area contributed by atoms with Crippen LogP contribution in [0.3, 0.4) is 0 Å². The number of benzene rings is 1. The molecule has 0 saturated carbocycles. The lowest BCUT2D eigenvalue weighted by atomic mass is 10.3. The normalized spacial score (nSPS) is 13.1. The third-order valence-corrected chi connectivity index (χ3v) is 4.46. The third-order valence-electron chi connectivity index (χ3n) is 2.79. The zero-order valence-electron chi connectivity index (χ0n) is 10.3. The van der Waals surface area contributed by atoms with Crippen LogP contribution in [0.5, 0.6) is 0 Å². The minimum atomic E-state index is -0.856. The van der Waals surface area contributed by atoms with Gasteiger partial charge in [-0.15, -0.1) is 11.6 Å². The Labute approximate surface area is 129 Å². The van der Waals surface area contributed by atoms with Gasteiger partial charge < -0.3 is 4.57 Å². The molecule has 0 aliphatic heterocycles. The molecule has 0 amide bonds. The molecule has 2 aromatic rings. The molecule has 0 bridgehead atoms. The zero-order chi connectivity index (χ0) is 14.0. The molecule has 104 valence electrons. The SMILES string of the molecule is CS(=O)CCn1c(CCCl)nc2cc(Cl)c(Cl)cc21. The van der Waals surface area contributed by atoms with E-state index in [0.717, 1.165) is 16.9 Å². The van der Waals surface area contributed by atoms with Crippen LogP contribution in [-0.4, -0.2) is 31.6 Å². The van der Waals surface area contributed by atoms with Crippen molar-refractivity contribution < 1.29 is 4.21 Å². The minimum absolute atomic E-state index is 0.482. The van der Waals surface area contributed by atoms with E-state index in [9.17, 15) is 4.21 Å². The standard InChI is InChI=1S/C12H13Cl3N2OS/c1-19(18)5-4-17-11-7-9(15)8(14)6-10(11)16-12(17)2-3-13/h6-7H,2-5H2,1H3. The lowest BCUT2D eigenvalue weighted by Crippen LogP contribution is -2.10. The van der Waals surface area contributed by atoms with Crippen LogP contribution >= 0.6 is 34.8 Å². The number of aryl methyl sites for hydroxylation is 2. The first kappa shape index (κ1) is 15.1. The van der Waals surface area contributed by atoms with E-state index >= 15 is 0 Å². The number of hydrogen-bond donors (Lipinski definition) is 0. The van der Waals surface area contributed by atoms with Crippen molar-refractivity contribution in [2.75, 3.05) is 17.9 Å². The van der Waals surface area contributed by atoms with Crippen LogP contribution < -0.4 is 0 Å². The minimum Gasteiger partial charge on any atom is -0.327 e. The van der Waals surface area contributed by atoms with Crippen LogP contribution in [-0.2, 0) is 23.8 Å². The molecule has 19 heavy (non-hydrogen) atoms. The largest absolute Gasteiger partial charge is 0.327 e. The molecule has 1 aromatic heterocycles. The monoisotopic (exact) mass is 338 g/mol. The second-order valence-electron chi connectivity index (χ2n) is 4.15. The average Bonchev–Trinajstić information content (AvgIpc) is 2.65. The van der Waals surface area contributed by atoms with Crippen LogP contribution in [0.1, 0.15) is 5.82 Å². The number of nitrogens with zero attached hydrogens (tertiary/aromatic N) is 2. The average molecular weight is 340 g/mol. The Morgan fingerprint density at radius 3 is 2.63 bits per heavy atom. The maximum absolute atomic E-state index is 11.3. The van der Waals surface area contributed by atoms with Crippen molar-refractivity contribution in [2.24, 2.45) is 0 Å². The van der Waals surface area contributed by atoms with Gasteiger partial charge >= 0.3 is 0 Å². The summed E-state index contributed by atoms with van der Waals surface area (Å²) >= 11 is 17.8. The molecular formula is C12H13Cl3N2OS. The maximum Gasteiger partial charge on any atom is 0.111 e. The first-order chi connectivity index (χ1) is 9.02. The van der Waals surface area contributed by atoms with E-state index in [-0.39, 0.29) is 0 Å². The van der Waals surface area contributed by atoms with Crippen molar-refractivity contribution in [3.8, 4) is 0 Å². The van der Waals surface area contributed by atoms with Gasteiger partial charge in [0.25, 0.3) is 0 Å². The van der Waals surface area contributed by atoms with Crippen molar-refractivity contribution in [2.45, 2.75) is 13.0 Å². The smallest absolute Gasteiger partial charge is 0.111 e. The van der Waals surface area contributed by atoms with Crippen molar-refractivity contribution in [3.63, 3.8) is 0 Å². The van der Waals surface area contributed by atoms with Gasteiger partial charge in [-0.3, -0.25) is 4.21 Å². The lowest BCUT2D eigenvalue weighted by Gasteiger charge is -2.07. The Morgan fingerprint density at radius 2 is 2.00 bits per heavy atom. The van der Waals surface area contributed by atoms with Gasteiger partial charge in [-0.2, -0.15) is 0 Å². The predicted molar refractivity (Wildman–Crippen MR) is 83.1 cm³/mol. The Balaban J connectivity index is 2.51. The van der Waals surface area contributed by atoms with E-state index in [1.54, 1.807) is 18.4 Å². The highest BCUT2D eigenvalue weighted by molar-refractivity contribution is 7.84. The van der Waals surface area contributed by atoms with Crippen LogP contribution in [0.2, 0.25) is 10.0 Å². The molecule has 0 aliphatic rings. The Hall–Kier alpha value is -0.290. The van der Waals surface area contributed by atoms with Crippen molar-refractivity contribution in [3.05, 3.63) is 28.0 Å². The molecule has 1 aromatic carbocycles. The second kappa shape index (κ2) is 6.44. The molecule has 0 spiro atoms. The fraction of sp³-hybridized carbons (Fsp3) is 0.417. The number of fused-ring (bicyclic) bond motifs is 1. The molecular weight excluding hydrogens is 327 g/mol. The lowest BCUT2D eigenvalue weighted by molar-refractivity contribution is 0.674. The molecule has 0 N–H and O–H groups in total. The van der Waals surface area contributed by atoms with E-state index in [1.165, 1.54) is 0 Å². The molecule has 7 heteroatoms. The van der Waals surface area contributed by atoms with Gasteiger partial charge in [0, 0.05) is 41.7 Å². The van der Waals surface area contributed by atoms with E-state index in [0.29, 0.717) is 34.6 Å². The molecule has 3 nitrogen and oxygen atoms in total. The summed E-state index contributed by atoms with van der Waals surface area (Å²) in [5.74, 6) is 1.93. The summed E-state index contributed by atoms with van der Waals surface area (Å²) in [5, 5.41) is 0.973. The molecule has 0 saturated heterocycles. The molecule has 1 heterocycles. The first-order valence-electron chi connectivity index (χ1n) is 5.73. The highest BCUT2D eigenvalue weighted by Gasteiger charge is 2.13. The summed E-state index contributed by atoms with van der Waals surface area (Å²) in [6.07, 6.45) is 2.34. The summed E-state index contributed by atoms with van der Waals surface area (Å²) in [6, 6.07) is 3.54. The quantitative estimate of drug-likeness (QED) is 0.781. The van der Waals surface area contributed by atoms with E-state index < -0.39 is 10.8 Å². The molecule has 0 aliphatic carbocycles. The van der Waals surface area contributed by atoms with Gasteiger partial charge in [-0.1, -0.05) is 23.2 Å². The Morgan fingerprint density at radius 1 is 1.32 bits per heavy atom. The fourth-order valence-electron chi connectivity index (χ4n) is 1.91. The zero-order valence-corrected chi connectivity index (χ0v) is 13.4. The molecule has 0 radical (unpaired) electrons. The van der Waals surface area contributed by atoms with Gasteiger partial charge in [-0.25, -0.2) is 4.98 Å². The number of rotatable bonds is 5. The maximum atomic E-state index is 11.3. The highest BCUT2D eigenvalue weighted by Crippen LogP contribution is 2.28. The number of imidazole rings is 1. The first-order valence-corrected chi connectivity index (χ1v) is 8.75. The van der Waals surface area contributed by atoms with E-state index in [2.05, 4.69) is 4.98 Å². The van der Waals surface area contributed by atoms with Crippen LogP contribution in [0.4, 0.5) is 0 Å². The van der Waals surface area contributed by atoms with E-state index in [4.69, 9.17) is 34.8 Å². The Kier molecular flexibility index (Phi) is 5.12. The highest BCUT2D eigenvalue weighted by atomic mass is 35.5. The molecule has 2 rings (SSSR count). The van der Waals surface area contributed by atoms with Crippen LogP contribution in [0, 0.1) is 0 Å². The summed E-state index contributed by atoms with van der Waals surface area (Å²) in [7, 11) is -0.856. The number of hydrogen-bond acceptors (Lipinski definition) is 2. The van der Waals surface area contributed by atoms with Gasteiger partial charge in [0.05, 0.1) is 21.1 Å². The van der Waals surface area contributed by atoms with Gasteiger partial charge in [0.2, 0.25) is 0 Å². The van der Waals surface area contributed by atoms with Crippen molar-refractivity contribution >= 4 is 56.6 Å². The van der Waals surface area contributed by atoms with Gasteiger partial charge in [0.15, 0.2) is 0 Å². The number of halogens is 3. The van der Waals surface area contributed by atoms with Crippen molar-refractivity contribution in [1.82, 2.24) is 9.55 Å². The van der Waals surface area contributed by atoms with Crippen LogP contribution in [0.25, 0.3) is 11.0 Å². The predicted octanol–water partition coefficient (Wildman–Crippen LogP) is 3.50. The fourth-order valence-corrected chi connectivity index (χ4v) is 2.84. The summed E-state index contributed by atoms with van der Waals surface area (Å²) < 4.78 is 13.3. The van der Waals surface area contributed by atoms with Gasteiger partial charge in [-0.05, 0) is 12.1 Å². The molecule has 1 atom stereocenters. The van der Waals surface area contributed by atoms with Gasteiger partial charge in [0.1, 0.15) is 5.82 Å².